The topological polar surface area (TPSA) is 37.4 Å². The van der Waals surface area contributed by atoms with Crippen molar-refractivity contribution in [1.29, 1.82) is 0 Å². The number of rotatable bonds is 18. The van der Waals surface area contributed by atoms with Crippen LogP contribution in [-0.2, 0) is 5.41 Å². The molecule has 0 aromatic heterocycles. The first-order valence-electron chi connectivity index (χ1n) is 13.3. The van der Waals surface area contributed by atoms with E-state index in [1.54, 1.807) is 0 Å². The molecule has 3 heteroatoms. The molecule has 1 aromatic carbocycles. The molecule has 0 saturated heterocycles. The van der Waals surface area contributed by atoms with Gasteiger partial charge in [-0.05, 0) is 50.2 Å². The van der Waals surface area contributed by atoms with E-state index in [0.717, 1.165) is 24.1 Å². The lowest BCUT2D eigenvalue weighted by Crippen LogP contribution is -2.46. The molecule has 0 bridgehead atoms. The monoisotopic (exact) mass is 433 g/mol. The second-order valence-electron chi connectivity index (χ2n) is 10.8. The van der Waals surface area contributed by atoms with Crippen LogP contribution < -0.4 is 10.9 Å². The van der Waals surface area contributed by atoms with Crippen molar-refractivity contribution in [2.75, 3.05) is 19.6 Å². The van der Waals surface area contributed by atoms with E-state index in [2.05, 4.69) is 25.7 Å². The minimum absolute atomic E-state index is 0.177. The van der Waals surface area contributed by atoms with Gasteiger partial charge in [0.2, 0.25) is 10.9 Å². The van der Waals surface area contributed by atoms with Crippen LogP contribution in [0.2, 0.25) is 0 Å². The molecular formula is C28H51NO2. The maximum Gasteiger partial charge on any atom is 0.230 e. The predicted octanol–water partition coefficient (Wildman–Crippen LogP) is 7.10. The van der Waals surface area contributed by atoms with Gasteiger partial charge in [0, 0.05) is 11.1 Å². The van der Waals surface area contributed by atoms with Crippen molar-refractivity contribution in [3.05, 3.63) is 31.6 Å². The third kappa shape index (κ3) is 10.0. The number of hydrogen-bond acceptors (Lipinski definition) is 3. The van der Waals surface area contributed by atoms with Crippen molar-refractivity contribution in [1.82, 2.24) is 4.90 Å². The van der Waals surface area contributed by atoms with Gasteiger partial charge in [-0.3, -0.25) is 9.59 Å². The third-order valence-electron chi connectivity index (χ3n) is 6.72. The van der Waals surface area contributed by atoms with Crippen LogP contribution in [-0.4, -0.2) is 24.5 Å². The second kappa shape index (κ2) is 15.0. The molecule has 0 amide bonds. The average molecular weight is 434 g/mol. The lowest BCUT2D eigenvalue weighted by atomic mass is 9.75. The Kier molecular flexibility index (Phi) is 13.6. The van der Waals surface area contributed by atoms with Crippen LogP contribution in [0.5, 0.6) is 0 Å². The zero-order valence-corrected chi connectivity index (χ0v) is 21.7. The van der Waals surface area contributed by atoms with E-state index in [9.17, 15) is 9.59 Å². The Morgan fingerprint density at radius 2 is 1.13 bits per heavy atom. The van der Waals surface area contributed by atoms with Crippen molar-refractivity contribution in [2.24, 2.45) is 0 Å². The zero-order valence-electron chi connectivity index (χ0n) is 21.7. The van der Waals surface area contributed by atoms with Gasteiger partial charge in [-0.2, -0.15) is 0 Å². The van der Waals surface area contributed by atoms with Gasteiger partial charge in [-0.15, -0.1) is 0 Å². The Balaban J connectivity index is 2.56. The Hall–Kier alpha value is -0.960. The highest BCUT2D eigenvalue weighted by atomic mass is 16.2. The number of unbranched alkanes of at least 4 members (excludes halogenated alkanes) is 10. The van der Waals surface area contributed by atoms with Crippen LogP contribution in [0.1, 0.15) is 142 Å². The first-order chi connectivity index (χ1) is 14.7. The molecule has 0 heterocycles. The first-order valence-corrected chi connectivity index (χ1v) is 13.3. The maximum absolute atomic E-state index is 12.3. The molecule has 0 fully saturated rings. The molecule has 3 nitrogen and oxygen atoms in total. The molecule has 0 spiro atoms. The Morgan fingerprint density at radius 1 is 0.677 bits per heavy atom. The van der Waals surface area contributed by atoms with E-state index >= 15 is 0 Å². The van der Waals surface area contributed by atoms with Crippen LogP contribution in [0.3, 0.4) is 0 Å². The number of hydrogen-bond donors (Lipinski definition) is 0. The highest BCUT2D eigenvalue weighted by Crippen LogP contribution is 2.29. The standard InChI is InChI=1S/C28H51NO2/c1-7-9-11-13-15-17-20-29(21-18-16-14-12-10-8-2)22-19-23(3)24-25(28(4,5)6)27(31)26(24)30/h23H,7-22H2,1-6H3. The van der Waals surface area contributed by atoms with Crippen molar-refractivity contribution >= 4 is 0 Å². The van der Waals surface area contributed by atoms with E-state index in [4.69, 9.17) is 0 Å². The minimum Gasteiger partial charge on any atom is -0.303 e. The van der Waals surface area contributed by atoms with Gasteiger partial charge in [0.05, 0.1) is 0 Å². The zero-order chi connectivity index (χ0) is 23.3. The Labute approximate surface area is 192 Å². The molecule has 31 heavy (non-hydrogen) atoms. The number of nitrogens with zero attached hydrogens (tertiary/aromatic N) is 1. The van der Waals surface area contributed by atoms with E-state index in [-0.39, 0.29) is 22.2 Å². The summed E-state index contributed by atoms with van der Waals surface area (Å²) in [6, 6.07) is 0. The maximum atomic E-state index is 12.3. The fourth-order valence-electron chi connectivity index (χ4n) is 4.71. The van der Waals surface area contributed by atoms with E-state index in [1.165, 1.54) is 90.1 Å². The summed E-state index contributed by atoms with van der Waals surface area (Å²) in [4.78, 5) is 27.0. The van der Waals surface area contributed by atoms with Gasteiger partial charge in [-0.25, -0.2) is 0 Å². The smallest absolute Gasteiger partial charge is 0.230 e. The molecule has 1 aromatic rings. The van der Waals surface area contributed by atoms with Gasteiger partial charge in [0.1, 0.15) is 0 Å². The molecule has 1 unspecified atom stereocenters. The van der Waals surface area contributed by atoms with Crippen LogP contribution in [0.15, 0.2) is 9.59 Å². The lowest BCUT2D eigenvalue weighted by Gasteiger charge is -2.28. The van der Waals surface area contributed by atoms with Gasteiger partial charge in [0.15, 0.2) is 0 Å². The normalized spacial score (nSPS) is 13.4. The predicted molar refractivity (Wildman–Crippen MR) is 136 cm³/mol. The molecule has 0 saturated carbocycles. The average Bonchev–Trinajstić information content (AvgIpc) is 2.72. The fourth-order valence-corrected chi connectivity index (χ4v) is 4.71. The van der Waals surface area contributed by atoms with Crippen LogP contribution >= 0.6 is 0 Å². The first kappa shape index (κ1) is 28.1. The van der Waals surface area contributed by atoms with Crippen LogP contribution in [0.25, 0.3) is 0 Å². The quantitative estimate of drug-likeness (QED) is 0.183. The van der Waals surface area contributed by atoms with E-state index in [0.29, 0.717) is 0 Å². The Morgan fingerprint density at radius 3 is 1.58 bits per heavy atom. The molecular weight excluding hydrogens is 382 g/mol. The molecule has 1 rings (SSSR count). The molecule has 0 radical (unpaired) electrons. The summed E-state index contributed by atoms with van der Waals surface area (Å²) in [6.45, 7) is 16.2. The summed E-state index contributed by atoms with van der Waals surface area (Å²) < 4.78 is 0. The van der Waals surface area contributed by atoms with Crippen molar-refractivity contribution < 1.29 is 0 Å². The van der Waals surface area contributed by atoms with Gasteiger partial charge < -0.3 is 4.90 Å². The second-order valence-corrected chi connectivity index (χ2v) is 10.8. The van der Waals surface area contributed by atoms with Crippen molar-refractivity contribution in [2.45, 2.75) is 136 Å². The SMILES string of the molecule is CCCCCCCCN(CCCCCCCC)CCC(C)c1c(C(C)(C)C)c(=O)c1=O. The molecule has 0 N–H and O–H groups in total. The highest BCUT2D eigenvalue weighted by molar-refractivity contribution is 5.40. The fraction of sp³-hybridized carbons (Fsp3) is 0.857. The van der Waals surface area contributed by atoms with Gasteiger partial charge in [-0.1, -0.05) is 106 Å². The molecule has 0 aliphatic rings. The Bertz CT molecular complexity index is 647. The molecule has 0 aliphatic heterocycles. The molecule has 180 valence electrons. The van der Waals surface area contributed by atoms with Crippen molar-refractivity contribution in [3.63, 3.8) is 0 Å². The highest BCUT2D eigenvalue weighted by Gasteiger charge is 2.32. The molecule has 0 aliphatic carbocycles. The summed E-state index contributed by atoms with van der Waals surface area (Å²) in [5.74, 6) is 0.177. The van der Waals surface area contributed by atoms with Gasteiger partial charge in [0.25, 0.3) is 0 Å². The largest absolute Gasteiger partial charge is 0.303 e. The van der Waals surface area contributed by atoms with Gasteiger partial charge >= 0.3 is 0 Å². The summed E-state index contributed by atoms with van der Waals surface area (Å²) in [5, 5.41) is 0. The minimum atomic E-state index is -0.245. The van der Waals surface area contributed by atoms with Crippen LogP contribution in [0, 0.1) is 0 Å². The lowest BCUT2D eigenvalue weighted by molar-refractivity contribution is 0.251. The molecule has 1 atom stereocenters. The summed E-state index contributed by atoms with van der Waals surface area (Å²) in [5.41, 5.74) is 0.895. The summed E-state index contributed by atoms with van der Waals surface area (Å²) in [7, 11) is 0. The summed E-state index contributed by atoms with van der Waals surface area (Å²) in [6.07, 6.45) is 16.9. The van der Waals surface area contributed by atoms with E-state index < -0.39 is 0 Å². The summed E-state index contributed by atoms with van der Waals surface area (Å²) >= 11 is 0. The van der Waals surface area contributed by atoms with Crippen molar-refractivity contribution in [3.8, 4) is 0 Å². The van der Waals surface area contributed by atoms with Crippen LogP contribution in [0.4, 0.5) is 0 Å². The van der Waals surface area contributed by atoms with E-state index in [1.807, 2.05) is 20.8 Å². The third-order valence-corrected chi connectivity index (χ3v) is 6.72.